The highest BCUT2D eigenvalue weighted by atomic mass is 35.5. The van der Waals surface area contributed by atoms with Gasteiger partial charge in [0.25, 0.3) is 0 Å². The molecule has 10 heavy (non-hydrogen) atoms. The molecule has 0 nitrogen and oxygen atoms in total. The normalized spacial score (nSPS) is 33.9. The van der Waals surface area contributed by atoms with Crippen molar-refractivity contribution < 1.29 is 0 Å². The molecule has 0 aliphatic heterocycles. The Hall–Kier alpha value is 0.870. The van der Waals surface area contributed by atoms with Crippen LogP contribution in [0, 0.1) is 5.41 Å². The van der Waals surface area contributed by atoms with Gasteiger partial charge in [-0.25, -0.2) is 0 Å². The predicted octanol–water partition coefficient (Wildman–Crippen LogP) is 3.59. The van der Waals surface area contributed by atoms with Crippen molar-refractivity contribution in [2.24, 2.45) is 5.41 Å². The minimum atomic E-state index is -0.669. The molecule has 0 heterocycles. The van der Waals surface area contributed by atoms with Crippen LogP contribution in [-0.2, 0) is 0 Å². The van der Waals surface area contributed by atoms with Gasteiger partial charge in [-0.1, -0.05) is 37.0 Å². The third kappa shape index (κ3) is 0.821. The van der Waals surface area contributed by atoms with Gasteiger partial charge in [0.05, 0.1) is 5.38 Å². The average Bonchev–Trinajstić information content (AvgIpc) is 2.31. The number of halogens is 3. The Labute approximate surface area is 76.8 Å². The molecule has 1 fully saturated rings. The zero-order valence-corrected chi connectivity index (χ0v) is 8.39. The van der Waals surface area contributed by atoms with Crippen LogP contribution < -0.4 is 0 Å². The number of alkyl halides is 3. The summed E-state index contributed by atoms with van der Waals surface area (Å²) >= 11 is 17.8. The number of hydrogen-bond acceptors (Lipinski definition) is 0. The maximum Gasteiger partial charge on any atom is 0.142 e. The molecule has 0 aromatic heterocycles. The summed E-state index contributed by atoms with van der Waals surface area (Å²) in [6.45, 7) is 4.15. The summed E-state index contributed by atoms with van der Waals surface area (Å²) in [5.74, 6) is 0. The van der Waals surface area contributed by atoms with Gasteiger partial charge in [-0.3, -0.25) is 0 Å². The Morgan fingerprint density at radius 1 is 1.20 bits per heavy atom. The average molecular weight is 202 g/mol. The first kappa shape index (κ1) is 8.96. The van der Waals surface area contributed by atoms with Crippen LogP contribution in [0.2, 0.25) is 0 Å². The van der Waals surface area contributed by atoms with Crippen molar-refractivity contribution in [2.45, 2.75) is 36.4 Å². The van der Waals surface area contributed by atoms with Crippen LogP contribution in [0.3, 0.4) is 0 Å². The second-order valence-electron chi connectivity index (χ2n) is 2.85. The van der Waals surface area contributed by atoms with Crippen LogP contribution in [0.25, 0.3) is 0 Å². The molecule has 0 amide bonds. The highest BCUT2D eigenvalue weighted by Crippen LogP contribution is 2.70. The van der Waals surface area contributed by atoms with Gasteiger partial charge in [-0.05, 0) is 12.8 Å². The van der Waals surface area contributed by atoms with E-state index in [2.05, 4.69) is 13.8 Å². The molecule has 1 atom stereocenters. The third-order valence-electron chi connectivity index (χ3n) is 2.65. The third-order valence-corrected chi connectivity index (χ3v) is 4.80. The van der Waals surface area contributed by atoms with Crippen molar-refractivity contribution in [2.75, 3.05) is 0 Å². The van der Waals surface area contributed by atoms with Crippen LogP contribution in [0.5, 0.6) is 0 Å². The highest BCUT2D eigenvalue weighted by Gasteiger charge is 2.73. The molecule has 0 aromatic carbocycles. The summed E-state index contributed by atoms with van der Waals surface area (Å²) < 4.78 is -0.669. The van der Waals surface area contributed by atoms with E-state index in [1.165, 1.54) is 0 Å². The predicted molar refractivity (Wildman–Crippen MR) is 47.1 cm³/mol. The molecule has 1 aliphatic rings. The molecular weight excluding hydrogens is 190 g/mol. The summed E-state index contributed by atoms with van der Waals surface area (Å²) in [5.41, 5.74) is -0.0162. The van der Waals surface area contributed by atoms with Crippen molar-refractivity contribution in [3.63, 3.8) is 0 Å². The second kappa shape index (κ2) is 2.43. The molecule has 0 aromatic rings. The maximum absolute atomic E-state index is 5.95. The van der Waals surface area contributed by atoms with Crippen LogP contribution in [-0.4, -0.2) is 9.71 Å². The lowest BCUT2D eigenvalue weighted by atomic mass is 10.0. The van der Waals surface area contributed by atoms with Crippen molar-refractivity contribution in [3.05, 3.63) is 0 Å². The van der Waals surface area contributed by atoms with E-state index in [0.29, 0.717) is 0 Å². The van der Waals surface area contributed by atoms with E-state index < -0.39 is 4.33 Å². The van der Waals surface area contributed by atoms with E-state index >= 15 is 0 Å². The van der Waals surface area contributed by atoms with Crippen LogP contribution in [0.1, 0.15) is 26.7 Å². The van der Waals surface area contributed by atoms with E-state index in [4.69, 9.17) is 34.8 Å². The highest BCUT2D eigenvalue weighted by molar-refractivity contribution is 6.57. The van der Waals surface area contributed by atoms with Crippen LogP contribution in [0.15, 0.2) is 0 Å². The van der Waals surface area contributed by atoms with Crippen molar-refractivity contribution in [3.8, 4) is 0 Å². The topological polar surface area (TPSA) is 0 Å². The molecule has 1 rings (SSSR count). The fourth-order valence-corrected chi connectivity index (χ4v) is 3.35. The summed E-state index contributed by atoms with van der Waals surface area (Å²) in [4.78, 5) is 0. The minimum Gasteiger partial charge on any atom is -0.119 e. The Morgan fingerprint density at radius 2 is 1.50 bits per heavy atom. The van der Waals surface area contributed by atoms with Gasteiger partial charge in [0.2, 0.25) is 0 Å². The lowest BCUT2D eigenvalue weighted by Crippen LogP contribution is -2.06. The fourth-order valence-electron chi connectivity index (χ4n) is 1.54. The molecule has 0 bridgehead atoms. The fraction of sp³-hybridized carbons (Fsp3) is 1.00. The maximum atomic E-state index is 5.95. The Bertz CT molecular complexity index is 138. The summed E-state index contributed by atoms with van der Waals surface area (Å²) in [6, 6.07) is 0. The lowest BCUT2D eigenvalue weighted by molar-refractivity contribution is 0.468. The van der Waals surface area contributed by atoms with Gasteiger partial charge < -0.3 is 0 Å². The van der Waals surface area contributed by atoms with E-state index in [0.717, 1.165) is 12.8 Å². The molecule has 60 valence electrons. The number of rotatable bonds is 2. The summed E-state index contributed by atoms with van der Waals surface area (Å²) in [5, 5.41) is -0.0571. The standard InChI is InChI=1S/C7H11Cl3/c1-3-6(4-2)5(8)7(6,9)10/h5H,3-4H2,1-2H3. The lowest BCUT2D eigenvalue weighted by Gasteiger charge is -2.10. The quantitative estimate of drug-likeness (QED) is 0.599. The Balaban J connectivity index is 2.73. The van der Waals surface area contributed by atoms with E-state index in [9.17, 15) is 0 Å². The monoisotopic (exact) mass is 200 g/mol. The summed E-state index contributed by atoms with van der Waals surface area (Å²) in [6.07, 6.45) is 1.93. The van der Waals surface area contributed by atoms with Gasteiger partial charge in [-0.15, -0.1) is 11.6 Å². The summed E-state index contributed by atoms with van der Waals surface area (Å²) in [7, 11) is 0. The Kier molecular flexibility index (Phi) is 2.18. The van der Waals surface area contributed by atoms with E-state index in [-0.39, 0.29) is 10.8 Å². The molecule has 1 unspecified atom stereocenters. The van der Waals surface area contributed by atoms with Gasteiger partial charge in [-0.2, -0.15) is 0 Å². The van der Waals surface area contributed by atoms with Crippen molar-refractivity contribution >= 4 is 34.8 Å². The molecular formula is C7H11Cl3. The molecule has 0 saturated heterocycles. The molecule has 1 saturated carbocycles. The smallest absolute Gasteiger partial charge is 0.119 e. The largest absolute Gasteiger partial charge is 0.142 e. The first-order valence-corrected chi connectivity index (χ1v) is 4.74. The van der Waals surface area contributed by atoms with Gasteiger partial charge in [0, 0.05) is 5.41 Å². The van der Waals surface area contributed by atoms with Crippen molar-refractivity contribution in [1.29, 1.82) is 0 Å². The second-order valence-corrected chi connectivity index (χ2v) is 4.67. The minimum absolute atomic E-state index is 0.0162. The molecule has 1 aliphatic carbocycles. The SMILES string of the molecule is CCC1(CC)C(Cl)C1(Cl)Cl. The van der Waals surface area contributed by atoms with Crippen molar-refractivity contribution in [1.82, 2.24) is 0 Å². The van der Waals surface area contributed by atoms with E-state index in [1.807, 2.05) is 0 Å². The first-order valence-electron chi connectivity index (χ1n) is 3.54. The van der Waals surface area contributed by atoms with Gasteiger partial charge in [0.15, 0.2) is 0 Å². The molecule has 0 N–H and O–H groups in total. The van der Waals surface area contributed by atoms with Crippen LogP contribution in [0.4, 0.5) is 0 Å². The van der Waals surface area contributed by atoms with Gasteiger partial charge in [0.1, 0.15) is 4.33 Å². The zero-order valence-electron chi connectivity index (χ0n) is 6.13. The molecule has 0 radical (unpaired) electrons. The van der Waals surface area contributed by atoms with Crippen LogP contribution >= 0.6 is 34.8 Å². The Morgan fingerprint density at radius 3 is 1.50 bits per heavy atom. The number of hydrogen-bond donors (Lipinski definition) is 0. The van der Waals surface area contributed by atoms with Gasteiger partial charge >= 0.3 is 0 Å². The zero-order chi connectivity index (χ0) is 7.99. The molecule has 3 heteroatoms. The molecule has 0 spiro atoms. The van der Waals surface area contributed by atoms with E-state index in [1.54, 1.807) is 0 Å². The first-order chi connectivity index (χ1) is 4.53.